The number of anilines is 6. The molecule has 0 saturated heterocycles. The Balaban J connectivity index is 0.858. The first-order chi connectivity index (χ1) is 52.1. The highest BCUT2D eigenvalue weighted by molar-refractivity contribution is 6.09. The molecule has 6 nitrogen and oxygen atoms in total. The number of para-hydroxylation sites is 2. The van der Waals surface area contributed by atoms with E-state index in [-0.39, 0.29) is 0 Å². The van der Waals surface area contributed by atoms with Crippen molar-refractivity contribution in [3.8, 4) is 89.5 Å². The summed E-state index contributed by atoms with van der Waals surface area (Å²) in [5.74, 6) is 0. The molecule has 6 heteroatoms. The molecule has 18 aromatic rings. The van der Waals surface area contributed by atoms with Gasteiger partial charge in [0.25, 0.3) is 0 Å². The van der Waals surface area contributed by atoms with Crippen LogP contribution in [0.25, 0.3) is 111 Å². The lowest BCUT2D eigenvalue weighted by atomic mass is 9.67. The predicted molar refractivity (Wildman–Crippen MR) is 435 cm³/mol. The van der Waals surface area contributed by atoms with Crippen molar-refractivity contribution in [2.75, 3.05) is 9.80 Å². The van der Waals surface area contributed by atoms with E-state index < -0.39 is 5.41 Å². The number of hydrogen-bond donors (Lipinski definition) is 0. The number of nitrogens with zero attached hydrogens (tertiary/aromatic N) is 6. The third kappa shape index (κ3) is 10.8. The van der Waals surface area contributed by atoms with Gasteiger partial charge in [0.15, 0.2) is 0 Å². The van der Waals surface area contributed by atoms with Gasteiger partial charge in [-0.2, -0.15) is 0 Å². The van der Waals surface area contributed by atoms with Crippen molar-refractivity contribution in [3.63, 3.8) is 0 Å². The van der Waals surface area contributed by atoms with Crippen LogP contribution in [0, 0.1) is 0 Å². The molecule has 0 aliphatic heterocycles. The summed E-state index contributed by atoms with van der Waals surface area (Å²) in [6, 6.07) is 143. The molecular weight excluding hydrogens is 1270 g/mol. The molecule has 0 saturated carbocycles. The average molecular weight is 1340 g/mol. The van der Waals surface area contributed by atoms with Gasteiger partial charge in [0, 0.05) is 92.2 Å². The molecule has 0 N–H and O–H groups in total. The molecule has 4 heterocycles. The third-order valence-electron chi connectivity index (χ3n) is 20.9. The van der Waals surface area contributed by atoms with E-state index in [1.54, 1.807) is 0 Å². The van der Waals surface area contributed by atoms with E-state index in [0.717, 1.165) is 134 Å². The Hall–Kier alpha value is -13.9. The molecule has 105 heavy (non-hydrogen) atoms. The Morgan fingerprint density at radius 1 is 0.229 bits per heavy atom. The number of rotatable bonds is 16. The molecule has 1 aliphatic carbocycles. The van der Waals surface area contributed by atoms with Crippen molar-refractivity contribution >= 4 is 55.9 Å². The largest absolute Gasteiger partial charge is 0.310 e. The van der Waals surface area contributed by atoms with Gasteiger partial charge < -0.3 is 18.9 Å². The summed E-state index contributed by atoms with van der Waals surface area (Å²) in [4.78, 5) is 13.8. The van der Waals surface area contributed by atoms with Crippen LogP contribution in [0.3, 0.4) is 0 Å². The first-order valence-corrected chi connectivity index (χ1v) is 35.8. The second-order valence-electron chi connectivity index (χ2n) is 26.8. The lowest BCUT2D eigenvalue weighted by Crippen LogP contribution is -2.29. The summed E-state index contributed by atoms with van der Waals surface area (Å²) in [6.07, 6.45) is 7.50. The van der Waals surface area contributed by atoms with Crippen LogP contribution in [0.15, 0.2) is 413 Å². The lowest BCUT2D eigenvalue weighted by Gasteiger charge is -2.35. The summed E-state index contributed by atoms with van der Waals surface area (Å²) >= 11 is 0. The summed E-state index contributed by atoms with van der Waals surface area (Å²) < 4.78 is 4.94. The molecule has 0 amide bonds. The highest BCUT2D eigenvalue weighted by atomic mass is 15.2. The van der Waals surface area contributed by atoms with Crippen molar-refractivity contribution in [3.05, 3.63) is 435 Å². The van der Waals surface area contributed by atoms with E-state index in [2.05, 4.69) is 417 Å². The van der Waals surface area contributed by atoms with Gasteiger partial charge in [0.2, 0.25) is 0 Å². The molecule has 0 unspecified atom stereocenters. The summed E-state index contributed by atoms with van der Waals surface area (Å²) in [5.41, 5.74) is 30.2. The first kappa shape index (κ1) is 62.1. The molecule has 14 aromatic carbocycles. The van der Waals surface area contributed by atoms with Crippen molar-refractivity contribution < 1.29 is 0 Å². The zero-order valence-corrected chi connectivity index (χ0v) is 57.4. The minimum atomic E-state index is -0.837. The SMILES string of the molecule is c1ccc(-c2c(-c3ccccc3)n(-c3ccccc3)c3cc(N(c4cccc(-c5ccncc5)c4)c4ccc5c(c4)C(c4ccccc4)(c4ccccc4)c4cc(N(c6cccc(-c7ccncc7)c6)c6ccc7c(-c8ccccc8)c(-c8ccccc8)n(-c8ccccc8)c7c6)ccc4-5)ccc23)cc1. The Labute approximate surface area is 611 Å². The molecular formula is C99H68N6. The van der Waals surface area contributed by atoms with Crippen LogP contribution in [-0.2, 0) is 5.41 Å². The normalized spacial score (nSPS) is 12.1. The molecule has 0 bridgehead atoms. The van der Waals surface area contributed by atoms with E-state index >= 15 is 0 Å². The lowest BCUT2D eigenvalue weighted by molar-refractivity contribution is 0.768. The maximum atomic E-state index is 4.44. The molecule has 0 fully saturated rings. The van der Waals surface area contributed by atoms with E-state index in [9.17, 15) is 0 Å². The Bertz CT molecular complexity index is 5790. The van der Waals surface area contributed by atoms with Gasteiger partial charge in [-0.15, -0.1) is 0 Å². The molecule has 19 rings (SSSR count). The number of benzene rings is 14. The predicted octanol–water partition coefficient (Wildman–Crippen LogP) is 25.7. The third-order valence-corrected chi connectivity index (χ3v) is 20.9. The van der Waals surface area contributed by atoms with Gasteiger partial charge in [0.1, 0.15) is 0 Å². The Morgan fingerprint density at radius 3 is 0.905 bits per heavy atom. The standard InChI is InChI=1S/C99H68N6/c1-9-27-71(28-10-1)95-89-53-49-85(67-93(89)104(79-41-21-7-22-42-79)97(95)73-31-13-3-14-32-73)102(81-45-25-35-75(63-81)69-55-59-100-60-56-69)83-47-51-87-88-52-48-84(66-92(88)99(91(87)65-83,77-37-17-5-18-38-77)78-39-19-6-20-40-78)103(82-46-26-36-76(64-82)70-57-61-101-62-58-70)86-50-54-90-94(68-86)105(80-43-23-8-24-44-80)98(74-33-15-4-16-34-74)96(90)72-29-11-2-12-30-72/h1-68H. The second-order valence-corrected chi connectivity index (χ2v) is 26.8. The number of fused-ring (bicyclic) bond motifs is 5. The van der Waals surface area contributed by atoms with Gasteiger partial charge in [0.05, 0.1) is 27.8 Å². The van der Waals surface area contributed by atoms with Crippen LogP contribution in [0.1, 0.15) is 22.3 Å². The number of hydrogen-bond acceptors (Lipinski definition) is 4. The molecule has 1 aliphatic rings. The molecule has 494 valence electrons. The van der Waals surface area contributed by atoms with Gasteiger partial charge in [-0.1, -0.05) is 267 Å². The van der Waals surface area contributed by atoms with Crippen LogP contribution in [-0.4, -0.2) is 19.1 Å². The van der Waals surface area contributed by atoms with E-state index in [0.29, 0.717) is 0 Å². The second kappa shape index (κ2) is 26.5. The van der Waals surface area contributed by atoms with Crippen LogP contribution < -0.4 is 9.80 Å². The van der Waals surface area contributed by atoms with E-state index in [4.69, 9.17) is 0 Å². The van der Waals surface area contributed by atoms with E-state index in [1.807, 2.05) is 24.8 Å². The summed E-state index contributed by atoms with van der Waals surface area (Å²) in [5, 5.41) is 2.31. The van der Waals surface area contributed by atoms with Gasteiger partial charge in [-0.25, -0.2) is 0 Å². The summed E-state index contributed by atoms with van der Waals surface area (Å²) in [6.45, 7) is 0. The molecule has 0 radical (unpaired) electrons. The fourth-order valence-corrected chi connectivity index (χ4v) is 16.4. The number of pyridine rings is 2. The summed E-state index contributed by atoms with van der Waals surface area (Å²) in [7, 11) is 0. The zero-order valence-electron chi connectivity index (χ0n) is 57.4. The minimum absolute atomic E-state index is 0.837. The zero-order chi connectivity index (χ0) is 69.6. The van der Waals surface area contributed by atoms with E-state index in [1.165, 1.54) is 33.4 Å². The molecule has 4 aromatic heterocycles. The quantitative estimate of drug-likeness (QED) is 0.0967. The van der Waals surface area contributed by atoms with Crippen LogP contribution >= 0.6 is 0 Å². The highest BCUT2D eigenvalue weighted by Gasteiger charge is 2.47. The maximum Gasteiger partial charge on any atom is 0.0715 e. The van der Waals surface area contributed by atoms with Crippen molar-refractivity contribution in [2.45, 2.75) is 5.41 Å². The number of aromatic nitrogens is 4. The van der Waals surface area contributed by atoms with Crippen molar-refractivity contribution in [2.24, 2.45) is 0 Å². The van der Waals surface area contributed by atoms with Gasteiger partial charge in [-0.3, -0.25) is 9.97 Å². The van der Waals surface area contributed by atoms with Crippen LogP contribution in [0.2, 0.25) is 0 Å². The topological polar surface area (TPSA) is 42.1 Å². The van der Waals surface area contributed by atoms with Gasteiger partial charge in [-0.05, 0) is 199 Å². The smallest absolute Gasteiger partial charge is 0.0715 e. The van der Waals surface area contributed by atoms with Crippen LogP contribution in [0.5, 0.6) is 0 Å². The minimum Gasteiger partial charge on any atom is -0.310 e. The average Bonchev–Trinajstić information content (AvgIpc) is 1.55. The molecule has 0 spiro atoms. The Morgan fingerprint density at radius 2 is 0.533 bits per heavy atom. The fraction of sp³-hybridized carbons (Fsp3) is 0.0101. The Kier molecular flexibility index (Phi) is 15.7. The van der Waals surface area contributed by atoms with Crippen LogP contribution in [0.4, 0.5) is 34.1 Å². The fourth-order valence-electron chi connectivity index (χ4n) is 16.4. The molecule has 0 atom stereocenters. The highest BCUT2D eigenvalue weighted by Crippen LogP contribution is 2.59. The maximum absolute atomic E-state index is 4.44. The van der Waals surface area contributed by atoms with Gasteiger partial charge >= 0.3 is 0 Å². The monoisotopic (exact) mass is 1340 g/mol. The van der Waals surface area contributed by atoms with Crippen molar-refractivity contribution in [1.82, 2.24) is 19.1 Å². The first-order valence-electron chi connectivity index (χ1n) is 35.8. The van der Waals surface area contributed by atoms with Crippen molar-refractivity contribution in [1.29, 1.82) is 0 Å².